The van der Waals surface area contributed by atoms with Crippen molar-refractivity contribution in [3.05, 3.63) is 70.8 Å². The molecule has 3 fully saturated rings. The first-order chi connectivity index (χ1) is 20.8. The number of anilines is 2. The molecule has 5 rings (SSSR count). The average molecular weight is 583 g/mol. The molecule has 2 amide bonds. The van der Waals surface area contributed by atoms with E-state index in [9.17, 15) is 29.7 Å². The van der Waals surface area contributed by atoms with Crippen molar-refractivity contribution in [3.63, 3.8) is 0 Å². The minimum absolute atomic E-state index is 0.0792. The van der Waals surface area contributed by atoms with Gasteiger partial charge in [0.15, 0.2) is 0 Å². The van der Waals surface area contributed by atoms with Crippen LogP contribution in [0.1, 0.15) is 24.5 Å². The highest BCUT2D eigenvalue weighted by molar-refractivity contribution is 6.23. The van der Waals surface area contributed by atoms with Gasteiger partial charge in [0.1, 0.15) is 54.6 Å². The number of hydrogen-bond acceptors (Lipinski definition) is 10. The molecule has 2 atom stereocenters. The number of epoxide rings is 2. The number of rotatable bonds is 11. The van der Waals surface area contributed by atoms with Crippen molar-refractivity contribution in [3.8, 4) is 12.1 Å². The van der Waals surface area contributed by atoms with E-state index in [4.69, 9.17) is 18.9 Å². The molecule has 0 bridgehead atoms. The lowest BCUT2D eigenvalue weighted by Crippen LogP contribution is -2.41. The predicted octanol–water partition coefficient (Wildman–Crippen LogP) is 2.71. The van der Waals surface area contributed by atoms with Crippen LogP contribution in [0.25, 0.3) is 12.2 Å². The van der Waals surface area contributed by atoms with Crippen LogP contribution in [0.5, 0.6) is 0 Å². The molecule has 0 spiro atoms. The molecule has 0 aromatic heterocycles. The highest BCUT2D eigenvalue weighted by atomic mass is 16.6. The maximum absolute atomic E-state index is 13.3. The van der Waals surface area contributed by atoms with Crippen LogP contribution in [-0.4, -0.2) is 62.4 Å². The number of carbonyl (C=O) groups excluding carboxylic acids is 4. The molecular weight excluding hydrogens is 556 g/mol. The number of nitrogens with zero attached hydrogens (tertiary/aromatic N) is 4. The first-order valence-electron chi connectivity index (χ1n) is 13.5. The van der Waals surface area contributed by atoms with Crippen LogP contribution in [0.15, 0.2) is 59.7 Å². The van der Waals surface area contributed by atoms with Gasteiger partial charge in [0.2, 0.25) is 0 Å². The fraction of sp³-hybridized carbons (Fsp3) is 0.290. The number of carbonyl (C=O) groups is 4. The molecule has 3 aliphatic rings. The normalized spacial score (nSPS) is 21.2. The molecule has 3 saturated heterocycles. The van der Waals surface area contributed by atoms with Crippen LogP contribution in [-0.2, 0) is 38.1 Å². The van der Waals surface area contributed by atoms with Gasteiger partial charge < -0.3 is 18.9 Å². The van der Waals surface area contributed by atoms with E-state index in [0.717, 1.165) is 0 Å². The summed E-state index contributed by atoms with van der Waals surface area (Å²) in [6.07, 6.45) is 2.79. The molecule has 3 heterocycles. The lowest BCUT2D eigenvalue weighted by Gasteiger charge is -2.28. The van der Waals surface area contributed by atoms with E-state index in [1.807, 2.05) is 12.1 Å². The van der Waals surface area contributed by atoms with Crippen molar-refractivity contribution in [2.24, 2.45) is 5.92 Å². The van der Waals surface area contributed by atoms with E-state index in [-0.39, 0.29) is 36.6 Å². The van der Waals surface area contributed by atoms with Gasteiger partial charge in [-0.2, -0.15) is 10.5 Å². The third kappa shape index (κ3) is 6.79. The van der Waals surface area contributed by atoms with E-state index in [1.165, 1.54) is 22.2 Å². The highest BCUT2D eigenvalue weighted by Gasteiger charge is 2.46. The summed E-state index contributed by atoms with van der Waals surface area (Å²) in [5.74, 6) is -3.21. The maximum Gasteiger partial charge on any atom is 0.348 e. The van der Waals surface area contributed by atoms with E-state index in [0.29, 0.717) is 42.1 Å². The van der Waals surface area contributed by atoms with E-state index in [2.05, 4.69) is 0 Å². The molecular formula is C31H26N4O8. The van der Waals surface area contributed by atoms with Gasteiger partial charge in [-0.05, 0) is 54.0 Å². The number of esters is 2. The molecule has 12 heteroatoms. The average Bonchev–Trinajstić information content (AvgIpc) is 3.96. The molecule has 43 heavy (non-hydrogen) atoms. The Morgan fingerprint density at radius 1 is 0.791 bits per heavy atom. The van der Waals surface area contributed by atoms with Gasteiger partial charge in [-0.1, -0.05) is 31.2 Å². The summed E-state index contributed by atoms with van der Waals surface area (Å²) < 4.78 is 20.2. The summed E-state index contributed by atoms with van der Waals surface area (Å²) in [6, 6.07) is 16.6. The zero-order valence-corrected chi connectivity index (χ0v) is 23.1. The summed E-state index contributed by atoms with van der Waals surface area (Å²) in [5, 5.41) is 21.4. The lowest BCUT2D eigenvalue weighted by atomic mass is 10.1. The number of ether oxygens (including phenoxy) is 4. The van der Waals surface area contributed by atoms with Gasteiger partial charge in [-0.25, -0.2) is 19.6 Å². The summed E-state index contributed by atoms with van der Waals surface area (Å²) >= 11 is 0. The van der Waals surface area contributed by atoms with Crippen LogP contribution < -0.4 is 10.0 Å². The second-order valence-corrected chi connectivity index (χ2v) is 9.89. The van der Waals surface area contributed by atoms with Crippen molar-refractivity contribution in [2.45, 2.75) is 25.6 Å². The third-order valence-electron chi connectivity index (χ3n) is 6.81. The van der Waals surface area contributed by atoms with Crippen molar-refractivity contribution < 1.29 is 38.1 Å². The standard InChI is InChI=1S/C31H26N4O8/c1-2-27-28(36)34(23-7-3-19(4-8-23)11-21(13-32)30(38)42-17-25-15-40-25)35(29(27)37)24-9-5-20(6-10-24)12-22(14-33)31(39)43-18-26-16-41-26/h3-12,25-27H,2,15-18H2,1H3/b21-11+,22-12+. The molecule has 218 valence electrons. The number of hydrogen-bond donors (Lipinski definition) is 0. The SMILES string of the molecule is CCC1C(=O)N(c2ccc(/C=C(\C#N)C(=O)OCC3CO3)cc2)N(c2ccc(/C=C(\C#N)C(=O)OCC3CO3)cc2)C1=O. The molecule has 2 aromatic rings. The smallest absolute Gasteiger partial charge is 0.348 e. The number of nitriles is 2. The summed E-state index contributed by atoms with van der Waals surface area (Å²) in [6.45, 7) is 2.94. The minimum Gasteiger partial charge on any atom is -0.459 e. The fourth-order valence-corrected chi connectivity index (χ4v) is 4.28. The zero-order valence-electron chi connectivity index (χ0n) is 23.1. The van der Waals surface area contributed by atoms with E-state index in [1.54, 1.807) is 55.5 Å². The quantitative estimate of drug-likeness (QED) is 0.126. The van der Waals surface area contributed by atoms with Crippen LogP contribution in [0.3, 0.4) is 0 Å². The van der Waals surface area contributed by atoms with Gasteiger partial charge >= 0.3 is 11.9 Å². The van der Waals surface area contributed by atoms with Crippen LogP contribution in [0.4, 0.5) is 11.4 Å². The Hall–Kier alpha value is -5.30. The molecule has 2 unspecified atom stereocenters. The molecule has 0 saturated carbocycles. The van der Waals surface area contributed by atoms with Crippen molar-refractivity contribution in [1.82, 2.24) is 0 Å². The third-order valence-corrected chi connectivity index (χ3v) is 6.81. The summed E-state index contributed by atoms with van der Waals surface area (Å²) in [7, 11) is 0. The highest BCUT2D eigenvalue weighted by Crippen LogP contribution is 2.33. The van der Waals surface area contributed by atoms with Crippen molar-refractivity contribution >= 4 is 47.3 Å². The van der Waals surface area contributed by atoms with Crippen LogP contribution in [0.2, 0.25) is 0 Å². The Kier molecular flexibility index (Phi) is 8.62. The van der Waals surface area contributed by atoms with Crippen molar-refractivity contribution in [2.75, 3.05) is 36.4 Å². The van der Waals surface area contributed by atoms with Gasteiger partial charge in [0.05, 0.1) is 24.6 Å². The Morgan fingerprint density at radius 2 is 1.16 bits per heavy atom. The van der Waals surface area contributed by atoms with Crippen molar-refractivity contribution in [1.29, 1.82) is 10.5 Å². The second-order valence-electron chi connectivity index (χ2n) is 9.89. The fourth-order valence-electron chi connectivity index (χ4n) is 4.28. The molecule has 0 radical (unpaired) electrons. The van der Waals surface area contributed by atoms with E-state index >= 15 is 0 Å². The van der Waals surface area contributed by atoms with Crippen LogP contribution >= 0.6 is 0 Å². The Morgan fingerprint density at radius 3 is 1.47 bits per heavy atom. The summed E-state index contributed by atoms with van der Waals surface area (Å²) in [4.78, 5) is 51.1. The maximum atomic E-state index is 13.3. The van der Waals surface area contributed by atoms with Gasteiger partial charge in [0, 0.05) is 0 Å². The molecule has 3 aliphatic heterocycles. The zero-order chi connectivity index (χ0) is 30.5. The molecule has 2 aromatic carbocycles. The molecule has 12 nitrogen and oxygen atoms in total. The Labute approximate surface area is 246 Å². The summed E-state index contributed by atoms with van der Waals surface area (Å²) in [5.41, 5.74) is 1.46. The lowest BCUT2D eigenvalue weighted by molar-refractivity contribution is -0.139. The first-order valence-corrected chi connectivity index (χ1v) is 13.5. The topological polar surface area (TPSA) is 166 Å². The van der Waals surface area contributed by atoms with E-state index < -0.39 is 29.7 Å². The number of hydrazine groups is 1. The van der Waals surface area contributed by atoms with Gasteiger partial charge in [-0.15, -0.1) is 0 Å². The Bertz CT molecular complexity index is 1460. The second kappa shape index (κ2) is 12.7. The minimum atomic E-state index is -0.884. The first kappa shape index (κ1) is 29.2. The number of benzene rings is 2. The monoisotopic (exact) mass is 582 g/mol. The molecule has 0 aliphatic carbocycles. The molecule has 0 N–H and O–H groups in total. The van der Waals surface area contributed by atoms with Gasteiger partial charge in [-0.3, -0.25) is 9.59 Å². The van der Waals surface area contributed by atoms with Gasteiger partial charge in [0.25, 0.3) is 11.8 Å². The van der Waals surface area contributed by atoms with Crippen LogP contribution in [0, 0.1) is 28.6 Å². The Balaban J connectivity index is 1.35. The largest absolute Gasteiger partial charge is 0.459 e. The predicted molar refractivity (Wildman–Crippen MR) is 150 cm³/mol. The number of amides is 2.